The minimum Gasteiger partial charge on any atom is -0.494 e. The Bertz CT molecular complexity index is 1440. The van der Waals surface area contributed by atoms with E-state index in [2.05, 4.69) is 58.7 Å². The molecule has 1 N–H and O–H groups in total. The van der Waals surface area contributed by atoms with Gasteiger partial charge in [0, 0.05) is 50.1 Å². The number of carbonyl (C=O) groups is 1. The van der Waals surface area contributed by atoms with Gasteiger partial charge in [0.25, 0.3) is 0 Å². The lowest BCUT2D eigenvalue weighted by Crippen LogP contribution is -2.46. The number of hydrogen-bond acceptors (Lipinski definition) is 5. The van der Waals surface area contributed by atoms with Crippen LogP contribution in [0.5, 0.6) is 5.75 Å². The van der Waals surface area contributed by atoms with Crippen LogP contribution in [0.1, 0.15) is 99.6 Å². The van der Waals surface area contributed by atoms with E-state index in [0.717, 1.165) is 108 Å². The average molecular weight is 645 g/mol. The Kier molecular flexibility index (Phi) is 11.3. The summed E-state index contributed by atoms with van der Waals surface area (Å²) in [6, 6.07) is 17.3. The van der Waals surface area contributed by atoms with Gasteiger partial charge in [0.1, 0.15) is 17.6 Å². The monoisotopic (exact) mass is 644 g/mol. The van der Waals surface area contributed by atoms with Gasteiger partial charge in [0.2, 0.25) is 0 Å². The highest BCUT2D eigenvalue weighted by Gasteiger charge is 2.43. The molecule has 0 radical (unpaired) electrons. The van der Waals surface area contributed by atoms with E-state index in [9.17, 15) is 14.3 Å². The summed E-state index contributed by atoms with van der Waals surface area (Å²) in [6.07, 6.45) is 9.40. The maximum atomic E-state index is 14.4. The molecule has 6 rings (SSSR count). The molecule has 2 aromatic carbocycles. The summed E-state index contributed by atoms with van der Waals surface area (Å²) in [5, 5.41) is 15.4. The summed E-state index contributed by atoms with van der Waals surface area (Å²) in [5.74, 6) is 1.08. The maximum absolute atomic E-state index is 14.4. The van der Waals surface area contributed by atoms with Crippen LogP contribution in [0.15, 0.2) is 54.6 Å². The van der Waals surface area contributed by atoms with Crippen molar-refractivity contribution in [3.63, 3.8) is 0 Å². The average Bonchev–Trinajstić information content (AvgIpc) is 3.69. The first-order valence-electron chi connectivity index (χ1n) is 18.1. The molecule has 3 aromatic rings. The molecule has 0 bridgehead atoms. The van der Waals surface area contributed by atoms with Crippen molar-refractivity contribution in [1.29, 1.82) is 0 Å². The van der Waals surface area contributed by atoms with Gasteiger partial charge < -0.3 is 14.7 Å². The molecule has 2 saturated heterocycles. The topological polar surface area (TPSA) is 70.8 Å². The number of aromatic nitrogens is 2. The first kappa shape index (κ1) is 33.7. The minimum atomic E-state index is -0.693. The van der Waals surface area contributed by atoms with Gasteiger partial charge in [-0.05, 0) is 105 Å². The van der Waals surface area contributed by atoms with Crippen molar-refractivity contribution in [2.24, 2.45) is 11.8 Å². The fourth-order valence-electron chi connectivity index (χ4n) is 8.57. The van der Waals surface area contributed by atoms with Crippen LogP contribution in [-0.4, -0.2) is 76.0 Å². The number of aliphatic carboxylic acids is 1. The van der Waals surface area contributed by atoms with E-state index in [-0.39, 0.29) is 23.6 Å². The van der Waals surface area contributed by atoms with Gasteiger partial charge >= 0.3 is 5.97 Å². The molecule has 3 aliphatic rings. The molecule has 1 aliphatic carbocycles. The number of hydrogen-bond donors (Lipinski definition) is 1. The summed E-state index contributed by atoms with van der Waals surface area (Å²) >= 11 is 0. The molecule has 1 aromatic heterocycles. The number of likely N-dealkylation sites (tertiary alicyclic amines) is 2. The molecule has 1 saturated carbocycles. The van der Waals surface area contributed by atoms with E-state index >= 15 is 0 Å². The van der Waals surface area contributed by atoms with Crippen molar-refractivity contribution in [2.45, 2.75) is 96.1 Å². The number of benzene rings is 2. The SMILES string of the molecule is CCCOc1ccc(Cc2cc(C3CCN(C[C@H]4CN([C@@H](C(=O)O)C5CCCCC5)C[C@@H]4c4cccc(F)c4)CC3)n(CC)n2)cc1. The van der Waals surface area contributed by atoms with Crippen molar-refractivity contribution in [3.05, 3.63) is 82.9 Å². The number of piperidine rings is 1. The Morgan fingerprint density at radius 1 is 1.00 bits per heavy atom. The van der Waals surface area contributed by atoms with Gasteiger partial charge in [-0.3, -0.25) is 14.4 Å². The van der Waals surface area contributed by atoms with E-state index in [1.165, 1.54) is 23.7 Å². The number of aryl methyl sites for hydroxylation is 1. The molecule has 47 heavy (non-hydrogen) atoms. The van der Waals surface area contributed by atoms with Crippen LogP contribution >= 0.6 is 0 Å². The Hall–Kier alpha value is -3.23. The highest BCUT2D eigenvalue weighted by molar-refractivity contribution is 5.74. The zero-order valence-electron chi connectivity index (χ0n) is 28.3. The summed E-state index contributed by atoms with van der Waals surface area (Å²) in [6.45, 7) is 10.2. The summed E-state index contributed by atoms with van der Waals surface area (Å²) in [4.78, 5) is 17.4. The van der Waals surface area contributed by atoms with E-state index in [0.29, 0.717) is 12.5 Å². The highest BCUT2D eigenvalue weighted by atomic mass is 19.1. The fourth-order valence-corrected chi connectivity index (χ4v) is 8.57. The first-order chi connectivity index (χ1) is 22.9. The standard InChI is InChI=1S/C39H53FN4O3/c1-3-21-47-35-15-13-28(14-16-35)22-34-24-37(44(4-2)41-34)29-17-19-42(20-18-29)25-32-26-43(27-36(32)31-11-8-12-33(40)23-31)38(39(45)46)30-9-6-5-7-10-30/h8,11-16,23-24,29-30,32,36,38H,3-7,9-10,17-22,25-27H2,1-2H3,(H,45,46)/t32-,36+,38+/m0/s1. The lowest BCUT2D eigenvalue weighted by molar-refractivity contribution is -0.145. The quantitative estimate of drug-likeness (QED) is 0.210. The summed E-state index contributed by atoms with van der Waals surface area (Å²) in [7, 11) is 0. The second-order valence-electron chi connectivity index (χ2n) is 14.2. The van der Waals surface area contributed by atoms with Crippen molar-refractivity contribution in [1.82, 2.24) is 19.6 Å². The van der Waals surface area contributed by atoms with E-state index in [4.69, 9.17) is 9.84 Å². The van der Waals surface area contributed by atoms with E-state index < -0.39 is 12.0 Å². The molecule has 3 fully saturated rings. The molecule has 7 nitrogen and oxygen atoms in total. The highest BCUT2D eigenvalue weighted by Crippen LogP contribution is 2.39. The largest absolute Gasteiger partial charge is 0.494 e. The normalized spacial score (nSPS) is 22.4. The number of carboxylic acids is 1. The van der Waals surface area contributed by atoms with Crippen LogP contribution in [0, 0.1) is 17.7 Å². The van der Waals surface area contributed by atoms with Gasteiger partial charge in [0.15, 0.2) is 0 Å². The Balaban J connectivity index is 1.10. The molecule has 254 valence electrons. The second-order valence-corrected chi connectivity index (χ2v) is 14.2. The molecule has 3 atom stereocenters. The number of carboxylic acid groups (broad SMARTS) is 1. The van der Waals surface area contributed by atoms with Gasteiger partial charge in [-0.1, -0.05) is 50.5 Å². The predicted octanol–water partition coefficient (Wildman–Crippen LogP) is 7.35. The zero-order valence-corrected chi connectivity index (χ0v) is 28.3. The number of nitrogens with zero attached hydrogens (tertiary/aromatic N) is 4. The van der Waals surface area contributed by atoms with Crippen LogP contribution in [-0.2, 0) is 17.8 Å². The van der Waals surface area contributed by atoms with Crippen molar-refractivity contribution < 1.29 is 19.0 Å². The third kappa shape index (κ3) is 8.26. The first-order valence-corrected chi connectivity index (χ1v) is 18.1. The molecular formula is C39H53FN4O3. The van der Waals surface area contributed by atoms with E-state index in [1.807, 2.05) is 6.07 Å². The third-order valence-electron chi connectivity index (χ3n) is 10.9. The maximum Gasteiger partial charge on any atom is 0.321 e. The van der Waals surface area contributed by atoms with Crippen LogP contribution in [0.25, 0.3) is 0 Å². The summed E-state index contributed by atoms with van der Waals surface area (Å²) < 4.78 is 22.3. The summed E-state index contributed by atoms with van der Waals surface area (Å²) in [5.41, 5.74) is 4.69. The van der Waals surface area contributed by atoms with Gasteiger partial charge in [-0.25, -0.2) is 4.39 Å². The predicted molar refractivity (Wildman–Crippen MR) is 184 cm³/mol. The number of rotatable bonds is 13. The van der Waals surface area contributed by atoms with Crippen LogP contribution in [0.2, 0.25) is 0 Å². The van der Waals surface area contributed by atoms with Gasteiger partial charge in [-0.2, -0.15) is 5.10 Å². The van der Waals surface area contributed by atoms with Crippen LogP contribution < -0.4 is 4.74 Å². The molecule has 0 amide bonds. The Morgan fingerprint density at radius 2 is 1.77 bits per heavy atom. The third-order valence-corrected chi connectivity index (χ3v) is 10.9. The number of halogens is 1. The fraction of sp³-hybridized carbons (Fsp3) is 0.590. The molecule has 0 spiro atoms. The van der Waals surface area contributed by atoms with Crippen molar-refractivity contribution in [3.8, 4) is 5.75 Å². The van der Waals surface area contributed by atoms with Crippen LogP contribution in [0.4, 0.5) is 4.39 Å². The van der Waals surface area contributed by atoms with E-state index in [1.54, 1.807) is 12.1 Å². The zero-order chi connectivity index (χ0) is 32.8. The molecule has 2 aliphatic heterocycles. The second kappa shape index (κ2) is 15.8. The molecule has 0 unspecified atom stereocenters. The molecule has 3 heterocycles. The van der Waals surface area contributed by atoms with Gasteiger partial charge in [-0.15, -0.1) is 0 Å². The molecular weight excluding hydrogens is 591 g/mol. The molecule has 8 heteroatoms. The minimum absolute atomic E-state index is 0.130. The number of ether oxygens (including phenoxy) is 1. The lowest BCUT2D eigenvalue weighted by Gasteiger charge is -2.35. The lowest BCUT2D eigenvalue weighted by atomic mass is 9.83. The van der Waals surface area contributed by atoms with Crippen LogP contribution in [0.3, 0.4) is 0 Å². The van der Waals surface area contributed by atoms with Gasteiger partial charge in [0.05, 0.1) is 12.3 Å². The van der Waals surface area contributed by atoms with Crippen molar-refractivity contribution in [2.75, 3.05) is 39.3 Å². The smallest absolute Gasteiger partial charge is 0.321 e. The Morgan fingerprint density at radius 3 is 2.45 bits per heavy atom. The Labute approximate surface area is 280 Å². The van der Waals surface area contributed by atoms with Crippen molar-refractivity contribution >= 4 is 5.97 Å².